The van der Waals surface area contributed by atoms with Crippen molar-refractivity contribution in [3.8, 4) is 27.4 Å². The zero-order valence-corrected chi connectivity index (χ0v) is 15.2. The van der Waals surface area contributed by atoms with Gasteiger partial charge in [0.15, 0.2) is 0 Å². The van der Waals surface area contributed by atoms with E-state index in [1.165, 1.54) is 0 Å². The van der Waals surface area contributed by atoms with E-state index in [9.17, 15) is 0 Å². The van der Waals surface area contributed by atoms with Crippen LogP contribution in [0.5, 0.6) is 5.75 Å². The SMILES string of the molecule is COc1ccccc1-c1ccc2c(Cl)ncc(-c3nnc(C)s3)c2c1. The van der Waals surface area contributed by atoms with Crippen molar-refractivity contribution in [3.05, 3.63) is 58.8 Å². The number of halogens is 1. The quantitative estimate of drug-likeness (QED) is 0.455. The van der Waals surface area contributed by atoms with E-state index >= 15 is 0 Å². The van der Waals surface area contributed by atoms with Crippen LogP contribution in [-0.2, 0) is 0 Å². The molecule has 6 heteroatoms. The molecular formula is C19H14ClN3OS. The molecular weight excluding hydrogens is 354 g/mol. The van der Waals surface area contributed by atoms with Gasteiger partial charge < -0.3 is 4.74 Å². The van der Waals surface area contributed by atoms with E-state index in [4.69, 9.17) is 16.3 Å². The normalized spacial score (nSPS) is 11.0. The summed E-state index contributed by atoms with van der Waals surface area (Å²) in [5, 5.41) is 12.5. The van der Waals surface area contributed by atoms with Crippen LogP contribution in [0.3, 0.4) is 0 Å². The second-order valence-corrected chi connectivity index (χ2v) is 7.09. The van der Waals surface area contributed by atoms with E-state index in [0.29, 0.717) is 5.15 Å². The van der Waals surface area contributed by atoms with Crippen molar-refractivity contribution in [2.45, 2.75) is 6.92 Å². The molecule has 0 atom stereocenters. The van der Waals surface area contributed by atoms with E-state index in [1.807, 2.05) is 43.3 Å². The Kier molecular flexibility index (Phi) is 4.11. The predicted octanol–water partition coefficient (Wildman–Crippen LogP) is 5.39. The molecule has 0 saturated carbocycles. The molecule has 0 fully saturated rings. The summed E-state index contributed by atoms with van der Waals surface area (Å²) in [4.78, 5) is 4.31. The van der Waals surface area contributed by atoms with Gasteiger partial charge in [0, 0.05) is 22.7 Å². The fourth-order valence-corrected chi connectivity index (χ4v) is 3.76. The molecule has 25 heavy (non-hydrogen) atoms. The lowest BCUT2D eigenvalue weighted by molar-refractivity contribution is 0.416. The first-order valence-corrected chi connectivity index (χ1v) is 8.89. The Bertz CT molecular complexity index is 1080. The number of rotatable bonds is 3. The Labute approximate surface area is 154 Å². The maximum absolute atomic E-state index is 6.31. The summed E-state index contributed by atoms with van der Waals surface area (Å²) < 4.78 is 5.50. The lowest BCUT2D eigenvalue weighted by Crippen LogP contribution is -1.90. The average molecular weight is 368 g/mol. The highest BCUT2D eigenvalue weighted by Gasteiger charge is 2.14. The van der Waals surface area contributed by atoms with Gasteiger partial charge in [-0.25, -0.2) is 4.98 Å². The average Bonchev–Trinajstić information content (AvgIpc) is 3.08. The first kappa shape index (κ1) is 16.0. The van der Waals surface area contributed by atoms with Gasteiger partial charge in [-0.05, 0) is 30.0 Å². The topological polar surface area (TPSA) is 47.9 Å². The summed E-state index contributed by atoms with van der Waals surface area (Å²) >= 11 is 7.85. The Morgan fingerprint density at radius 2 is 1.84 bits per heavy atom. The number of fused-ring (bicyclic) bond motifs is 1. The van der Waals surface area contributed by atoms with Crippen molar-refractivity contribution < 1.29 is 4.74 Å². The van der Waals surface area contributed by atoms with Gasteiger partial charge >= 0.3 is 0 Å². The third-order valence-corrected chi connectivity index (χ3v) is 5.19. The van der Waals surface area contributed by atoms with E-state index in [1.54, 1.807) is 24.6 Å². The van der Waals surface area contributed by atoms with Gasteiger partial charge in [0.05, 0.1) is 7.11 Å². The van der Waals surface area contributed by atoms with Crippen LogP contribution in [0.15, 0.2) is 48.7 Å². The van der Waals surface area contributed by atoms with Crippen molar-refractivity contribution in [1.82, 2.24) is 15.2 Å². The van der Waals surface area contributed by atoms with Gasteiger partial charge in [0.2, 0.25) is 0 Å². The minimum atomic E-state index is 0.478. The highest BCUT2D eigenvalue weighted by molar-refractivity contribution is 7.14. The van der Waals surface area contributed by atoms with Gasteiger partial charge in [-0.15, -0.1) is 10.2 Å². The predicted molar refractivity (Wildman–Crippen MR) is 102 cm³/mol. The zero-order valence-electron chi connectivity index (χ0n) is 13.7. The number of methoxy groups -OCH3 is 1. The molecule has 2 aromatic heterocycles. The fraction of sp³-hybridized carbons (Fsp3) is 0.105. The maximum atomic E-state index is 6.31. The summed E-state index contributed by atoms with van der Waals surface area (Å²) in [6.45, 7) is 1.94. The monoisotopic (exact) mass is 367 g/mol. The second kappa shape index (κ2) is 6.43. The van der Waals surface area contributed by atoms with Crippen molar-refractivity contribution in [2.75, 3.05) is 7.11 Å². The minimum absolute atomic E-state index is 0.478. The largest absolute Gasteiger partial charge is 0.496 e. The summed E-state index contributed by atoms with van der Waals surface area (Å²) in [6.07, 6.45) is 1.76. The van der Waals surface area contributed by atoms with E-state index in [0.717, 1.165) is 43.2 Å². The molecule has 0 unspecified atom stereocenters. The molecule has 0 aliphatic carbocycles. The Morgan fingerprint density at radius 1 is 1.00 bits per heavy atom. The Hall–Kier alpha value is -2.50. The highest BCUT2D eigenvalue weighted by Crippen LogP contribution is 2.37. The number of hydrogen-bond donors (Lipinski definition) is 0. The number of aryl methyl sites for hydroxylation is 1. The number of benzene rings is 2. The third kappa shape index (κ3) is 2.86. The number of nitrogens with zero attached hydrogens (tertiary/aromatic N) is 3. The van der Waals surface area contributed by atoms with Crippen LogP contribution in [0.25, 0.3) is 32.5 Å². The molecule has 4 aromatic rings. The van der Waals surface area contributed by atoms with Crippen LogP contribution in [0.1, 0.15) is 5.01 Å². The van der Waals surface area contributed by atoms with Gasteiger partial charge in [0.25, 0.3) is 0 Å². The van der Waals surface area contributed by atoms with Crippen LogP contribution in [0.2, 0.25) is 5.15 Å². The van der Waals surface area contributed by atoms with E-state index in [-0.39, 0.29) is 0 Å². The molecule has 0 spiro atoms. The third-order valence-electron chi connectivity index (χ3n) is 4.01. The first-order chi connectivity index (χ1) is 12.2. The smallest absolute Gasteiger partial charge is 0.149 e. The van der Waals surface area contributed by atoms with Gasteiger partial charge in [-0.2, -0.15) is 0 Å². The zero-order chi connectivity index (χ0) is 17.4. The molecule has 0 aliphatic heterocycles. The van der Waals surface area contributed by atoms with Gasteiger partial charge in [-0.1, -0.05) is 53.3 Å². The summed E-state index contributed by atoms with van der Waals surface area (Å²) in [6, 6.07) is 14.1. The minimum Gasteiger partial charge on any atom is -0.496 e. The molecule has 0 bridgehead atoms. The number of ether oxygens (including phenoxy) is 1. The van der Waals surface area contributed by atoms with Crippen LogP contribution < -0.4 is 4.74 Å². The van der Waals surface area contributed by atoms with Crippen molar-refractivity contribution >= 4 is 33.7 Å². The lowest BCUT2D eigenvalue weighted by atomic mass is 9.99. The summed E-state index contributed by atoms with van der Waals surface area (Å²) in [7, 11) is 1.68. The number of hydrogen-bond acceptors (Lipinski definition) is 5. The number of para-hydroxylation sites is 1. The van der Waals surface area contributed by atoms with Crippen LogP contribution in [0.4, 0.5) is 0 Å². The molecule has 2 heterocycles. The van der Waals surface area contributed by atoms with Crippen LogP contribution in [0, 0.1) is 6.92 Å². The number of aromatic nitrogens is 3. The van der Waals surface area contributed by atoms with Crippen molar-refractivity contribution in [2.24, 2.45) is 0 Å². The lowest BCUT2D eigenvalue weighted by Gasteiger charge is -2.11. The molecule has 0 N–H and O–H groups in total. The van der Waals surface area contributed by atoms with Crippen molar-refractivity contribution in [3.63, 3.8) is 0 Å². The Balaban J connectivity index is 1.98. The molecule has 124 valence electrons. The molecule has 0 radical (unpaired) electrons. The summed E-state index contributed by atoms with van der Waals surface area (Å²) in [5.41, 5.74) is 3.01. The molecule has 0 aliphatic rings. The van der Waals surface area contributed by atoms with Crippen LogP contribution in [-0.4, -0.2) is 22.3 Å². The van der Waals surface area contributed by atoms with E-state index in [2.05, 4.69) is 21.2 Å². The van der Waals surface area contributed by atoms with Gasteiger partial charge in [0.1, 0.15) is 20.9 Å². The second-order valence-electron chi connectivity index (χ2n) is 5.55. The fourth-order valence-electron chi connectivity index (χ4n) is 2.83. The highest BCUT2D eigenvalue weighted by atomic mass is 35.5. The first-order valence-electron chi connectivity index (χ1n) is 7.69. The maximum Gasteiger partial charge on any atom is 0.149 e. The van der Waals surface area contributed by atoms with Gasteiger partial charge in [-0.3, -0.25) is 0 Å². The van der Waals surface area contributed by atoms with E-state index < -0.39 is 0 Å². The number of pyridine rings is 1. The standard InChI is InChI=1S/C19H14ClN3OS/c1-11-22-23-19(25-11)16-10-21-18(20)14-8-7-12(9-15(14)16)13-5-3-4-6-17(13)24-2/h3-10H,1-2H3. The molecule has 0 amide bonds. The van der Waals surface area contributed by atoms with Crippen LogP contribution >= 0.6 is 22.9 Å². The molecule has 2 aromatic carbocycles. The Morgan fingerprint density at radius 3 is 2.60 bits per heavy atom. The summed E-state index contributed by atoms with van der Waals surface area (Å²) in [5.74, 6) is 0.829. The molecule has 0 saturated heterocycles. The molecule has 4 nitrogen and oxygen atoms in total. The molecule has 4 rings (SSSR count). The van der Waals surface area contributed by atoms with Crippen molar-refractivity contribution in [1.29, 1.82) is 0 Å².